The third-order valence-electron chi connectivity index (χ3n) is 5.75. The zero-order chi connectivity index (χ0) is 27.8. The van der Waals surface area contributed by atoms with E-state index in [0.717, 1.165) is 0 Å². The lowest BCUT2D eigenvalue weighted by molar-refractivity contribution is -0.277. The van der Waals surface area contributed by atoms with E-state index in [1.54, 1.807) is 24.3 Å². The van der Waals surface area contributed by atoms with Crippen molar-refractivity contribution in [2.45, 2.75) is 37.1 Å². The number of benzene rings is 2. The Balaban J connectivity index is 1.61. The van der Waals surface area contributed by atoms with Gasteiger partial charge in [0, 0.05) is 0 Å². The van der Waals surface area contributed by atoms with Crippen molar-refractivity contribution in [3.05, 3.63) is 59.7 Å². The number of aromatic hydroxyl groups is 1. The van der Waals surface area contributed by atoms with Gasteiger partial charge in [-0.3, -0.25) is 9.59 Å². The summed E-state index contributed by atoms with van der Waals surface area (Å²) in [5, 5.41) is 49.0. The van der Waals surface area contributed by atoms with Gasteiger partial charge in [0.1, 0.15) is 24.4 Å². The summed E-state index contributed by atoms with van der Waals surface area (Å²) in [7, 11) is 2.79. The van der Waals surface area contributed by atoms with Gasteiger partial charge in [-0.2, -0.15) is 0 Å². The van der Waals surface area contributed by atoms with Crippen LogP contribution in [0.15, 0.2) is 48.6 Å². The third kappa shape index (κ3) is 7.18. The Labute approximate surface area is 218 Å². The minimum Gasteiger partial charge on any atom is -0.504 e. The van der Waals surface area contributed by atoms with Crippen molar-refractivity contribution in [1.29, 1.82) is 0 Å². The molecule has 38 heavy (non-hydrogen) atoms. The molecule has 0 bridgehead atoms. The summed E-state index contributed by atoms with van der Waals surface area (Å²) in [5.74, 6) is -0.234. The van der Waals surface area contributed by atoms with E-state index < -0.39 is 48.9 Å². The molecule has 0 radical (unpaired) electrons. The summed E-state index contributed by atoms with van der Waals surface area (Å²) in [6, 6.07) is 9.21. The fraction of sp³-hybridized carbons (Fsp3) is 0.333. The normalized spacial score (nSPS) is 23.5. The average Bonchev–Trinajstić information content (AvgIpc) is 2.92. The molecular weight excluding hydrogens is 500 g/mol. The minimum absolute atomic E-state index is 0.0265. The van der Waals surface area contributed by atoms with Crippen molar-refractivity contribution >= 4 is 23.7 Å². The van der Waals surface area contributed by atoms with Gasteiger partial charge in [-0.15, -0.1) is 0 Å². The molecule has 0 saturated carbocycles. The molecule has 1 heterocycles. The largest absolute Gasteiger partial charge is 0.504 e. The third-order valence-corrected chi connectivity index (χ3v) is 5.75. The number of phenols is 1. The van der Waals surface area contributed by atoms with Crippen LogP contribution >= 0.6 is 0 Å². The number of allylic oxidation sites excluding steroid dienone is 2. The molecule has 204 valence electrons. The summed E-state index contributed by atoms with van der Waals surface area (Å²) in [6.45, 7) is -0.594. The average molecular weight is 531 g/mol. The highest BCUT2D eigenvalue weighted by molar-refractivity contribution is 6.10. The van der Waals surface area contributed by atoms with Crippen LogP contribution in [0.3, 0.4) is 0 Å². The lowest BCUT2D eigenvalue weighted by atomic mass is 9.99. The molecule has 0 spiro atoms. The maximum absolute atomic E-state index is 12.3. The minimum atomic E-state index is -1.59. The zero-order valence-electron chi connectivity index (χ0n) is 20.8. The Morgan fingerprint density at radius 2 is 1.42 bits per heavy atom. The number of hydrogen-bond donors (Lipinski definition) is 5. The molecule has 2 aromatic carbocycles. The second kappa shape index (κ2) is 13.2. The Morgan fingerprint density at radius 1 is 0.842 bits per heavy atom. The first kappa shape index (κ1) is 28.8. The van der Waals surface area contributed by atoms with Crippen LogP contribution in [-0.2, 0) is 14.3 Å². The summed E-state index contributed by atoms with van der Waals surface area (Å²) in [4.78, 5) is 24.4. The number of carbonyl (C=O) groups is 2. The predicted molar refractivity (Wildman–Crippen MR) is 135 cm³/mol. The molecule has 5 N–H and O–H groups in total. The predicted octanol–water partition coefficient (Wildman–Crippen LogP) is 0.843. The molecule has 1 fully saturated rings. The van der Waals surface area contributed by atoms with E-state index in [-0.39, 0.29) is 29.4 Å². The fourth-order valence-corrected chi connectivity index (χ4v) is 3.64. The molecule has 2 aromatic rings. The number of aliphatic hydroxyl groups is 4. The Morgan fingerprint density at radius 3 is 2.00 bits per heavy atom. The standard InChI is InChI=1S/C27H30O11/c1-35-21-11-15(5-9-19(21)31)3-7-17(29)13-18(30)8-4-16-6-10-20(22(12-16)36-2)37-27-26(34)25(33)24(32)23(14-28)38-27/h3-12,23-28,31-34H,13-14H2,1-2H3/b7-3+,8-4+/t23-,24-,25+,26-,27?/m1/s1. The summed E-state index contributed by atoms with van der Waals surface area (Å²) >= 11 is 0. The SMILES string of the molecule is COc1cc(/C=C/C(=O)CC(=O)/C=C/c2ccc(OC3O[C@H](CO)[C@@H](O)[C@H](O)[C@H]3O)c(OC)c2)ccc1O. The lowest BCUT2D eigenvalue weighted by Crippen LogP contribution is -2.60. The highest BCUT2D eigenvalue weighted by atomic mass is 16.7. The second-order valence-corrected chi connectivity index (χ2v) is 8.43. The highest BCUT2D eigenvalue weighted by Gasteiger charge is 2.44. The van der Waals surface area contributed by atoms with Gasteiger partial charge in [0.2, 0.25) is 6.29 Å². The monoisotopic (exact) mass is 530 g/mol. The number of ketones is 2. The van der Waals surface area contributed by atoms with Crippen molar-refractivity contribution in [3.63, 3.8) is 0 Å². The van der Waals surface area contributed by atoms with Gasteiger partial charge < -0.3 is 44.5 Å². The Hall–Kier alpha value is -3.74. The first-order chi connectivity index (χ1) is 18.2. The van der Waals surface area contributed by atoms with Gasteiger partial charge in [0.15, 0.2) is 34.6 Å². The molecular formula is C27H30O11. The van der Waals surface area contributed by atoms with Crippen LogP contribution in [0.25, 0.3) is 12.2 Å². The van der Waals surface area contributed by atoms with E-state index >= 15 is 0 Å². The lowest BCUT2D eigenvalue weighted by Gasteiger charge is -2.39. The van der Waals surface area contributed by atoms with Crippen molar-refractivity contribution in [2.75, 3.05) is 20.8 Å². The number of ether oxygens (including phenoxy) is 4. The van der Waals surface area contributed by atoms with Crippen LogP contribution in [0.1, 0.15) is 17.5 Å². The molecule has 1 aliphatic heterocycles. The van der Waals surface area contributed by atoms with E-state index in [2.05, 4.69) is 0 Å². The molecule has 3 rings (SSSR count). The van der Waals surface area contributed by atoms with E-state index in [1.807, 2.05) is 0 Å². The maximum atomic E-state index is 12.3. The van der Waals surface area contributed by atoms with Gasteiger partial charge in [-0.1, -0.05) is 24.3 Å². The summed E-state index contributed by atoms with van der Waals surface area (Å²) in [5.41, 5.74) is 1.17. The second-order valence-electron chi connectivity index (χ2n) is 8.43. The van der Waals surface area contributed by atoms with E-state index in [4.69, 9.17) is 18.9 Å². The van der Waals surface area contributed by atoms with Gasteiger partial charge in [0.25, 0.3) is 0 Å². The molecule has 11 heteroatoms. The molecule has 1 unspecified atom stereocenters. The molecule has 0 aromatic heterocycles. The highest BCUT2D eigenvalue weighted by Crippen LogP contribution is 2.32. The number of phenolic OH excluding ortho intramolecular Hbond substituents is 1. The molecule has 0 aliphatic carbocycles. The molecule has 11 nitrogen and oxygen atoms in total. The zero-order valence-corrected chi connectivity index (χ0v) is 20.8. The number of aliphatic hydroxyl groups excluding tert-OH is 4. The quantitative estimate of drug-likeness (QED) is 0.206. The van der Waals surface area contributed by atoms with E-state index in [9.17, 15) is 35.1 Å². The van der Waals surface area contributed by atoms with Gasteiger partial charge in [0.05, 0.1) is 27.2 Å². The van der Waals surface area contributed by atoms with Crippen molar-refractivity contribution in [3.8, 4) is 23.0 Å². The first-order valence-corrected chi connectivity index (χ1v) is 11.6. The molecule has 1 saturated heterocycles. The topological polar surface area (TPSA) is 172 Å². The van der Waals surface area contributed by atoms with Crippen LogP contribution in [0.4, 0.5) is 0 Å². The van der Waals surface area contributed by atoms with Gasteiger partial charge in [-0.05, 0) is 47.5 Å². The summed E-state index contributed by atoms with van der Waals surface area (Å²) < 4.78 is 21.3. The van der Waals surface area contributed by atoms with Crippen LogP contribution in [-0.4, -0.2) is 88.6 Å². The summed E-state index contributed by atoms with van der Waals surface area (Å²) in [6.07, 6.45) is -2.02. The smallest absolute Gasteiger partial charge is 0.229 e. The maximum Gasteiger partial charge on any atom is 0.229 e. The van der Waals surface area contributed by atoms with Crippen molar-refractivity contribution in [2.24, 2.45) is 0 Å². The van der Waals surface area contributed by atoms with Crippen LogP contribution in [0.2, 0.25) is 0 Å². The van der Waals surface area contributed by atoms with Crippen LogP contribution in [0.5, 0.6) is 23.0 Å². The number of methoxy groups -OCH3 is 2. The van der Waals surface area contributed by atoms with Gasteiger partial charge in [-0.25, -0.2) is 0 Å². The van der Waals surface area contributed by atoms with Crippen molar-refractivity contribution < 1.29 is 54.1 Å². The van der Waals surface area contributed by atoms with Crippen LogP contribution < -0.4 is 14.2 Å². The van der Waals surface area contributed by atoms with E-state index in [0.29, 0.717) is 11.1 Å². The Bertz CT molecular complexity index is 1190. The molecule has 5 atom stereocenters. The van der Waals surface area contributed by atoms with Crippen molar-refractivity contribution in [1.82, 2.24) is 0 Å². The number of hydrogen-bond acceptors (Lipinski definition) is 11. The fourth-order valence-electron chi connectivity index (χ4n) is 3.64. The molecule has 0 amide bonds. The number of carbonyl (C=O) groups excluding carboxylic acids is 2. The number of rotatable bonds is 11. The first-order valence-electron chi connectivity index (χ1n) is 11.6. The van der Waals surface area contributed by atoms with Crippen LogP contribution in [0, 0.1) is 0 Å². The molecule has 1 aliphatic rings. The van der Waals surface area contributed by atoms with Gasteiger partial charge >= 0.3 is 0 Å². The van der Waals surface area contributed by atoms with E-state index in [1.165, 1.54) is 50.7 Å². The Kier molecular flexibility index (Phi) is 9.99.